The fraction of sp³-hybridized carbons (Fsp3) is 0.273. The molecule has 0 aliphatic heterocycles. The predicted molar refractivity (Wildman–Crippen MR) is 65.7 cm³/mol. The number of hydrogen-bond donors (Lipinski definition) is 1. The monoisotopic (exact) mass is 240 g/mol. The van der Waals surface area contributed by atoms with Crippen LogP contribution in [0.2, 0.25) is 5.02 Å². The highest BCUT2D eigenvalue weighted by Crippen LogP contribution is 2.23. The van der Waals surface area contributed by atoms with Gasteiger partial charge in [-0.2, -0.15) is 0 Å². The van der Waals surface area contributed by atoms with Gasteiger partial charge in [-0.15, -0.1) is 0 Å². The van der Waals surface area contributed by atoms with Crippen LogP contribution in [0.4, 0.5) is 5.69 Å². The standard InChI is InChI=1S/C11H13ClN2O2/c1-13-7-3-2-4-9-8-10(12)5-6-11(9)14(15)16/h2,4-6,8,13H,3,7H2,1H3. The molecule has 0 aliphatic carbocycles. The van der Waals surface area contributed by atoms with Gasteiger partial charge in [0.25, 0.3) is 5.69 Å². The van der Waals surface area contributed by atoms with E-state index in [0.29, 0.717) is 10.6 Å². The Morgan fingerprint density at radius 3 is 2.94 bits per heavy atom. The highest BCUT2D eigenvalue weighted by atomic mass is 35.5. The largest absolute Gasteiger partial charge is 0.319 e. The number of nitrogens with one attached hydrogen (secondary N) is 1. The molecule has 0 atom stereocenters. The molecule has 0 saturated heterocycles. The SMILES string of the molecule is CNCCC=Cc1cc(Cl)ccc1[N+](=O)[O-]. The van der Waals surface area contributed by atoms with Crippen molar-refractivity contribution in [3.63, 3.8) is 0 Å². The fourth-order valence-electron chi connectivity index (χ4n) is 1.26. The van der Waals surface area contributed by atoms with E-state index in [2.05, 4.69) is 5.32 Å². The first-order valence-corrected chi connectivity index (χ1v) is 5.28. The Morgan fingerprint density at radius 1 is 1.56 bits per heavy atom. The molecule has 0 saturated carbocycles. The van der Waals surface area contributed by atoms with Gasteiger partial charge in [0.1, 0.15) is 0 Å². The van der Waals surface area contributed by atoms with Crippen LogP contribution >= 0.6 is 11.6 Å². The third kappa shape index (κ3) is 3.64. The summed E-state index contributed by atoms with van der Waals surface area (Å²) in [6.07, 6.45) is 4.43. The summed E-state index contributed by atoms with van der Waals surface area (Å²) >= 11 is 5.79. The van der Waals surface area contributed by atoms with Gasteiger partial charge in [0, 0.05) is 11.1 Å². The third-order valence-electron chi connectivity index (χ3n) is 2.04. The van der Waals surface area contributed by atoms with Crippen molar-refractivity contribution in [2.75, 3.05) is 13.6 Å². The first-order valence-electron chi connectivity index (χ1n) is 4.90. The minimum Gasteiger partial charge on any atom is -0.319 e. The van der Waals surface area contributed by atoms with Gasteiger partial charge in [-0.05, 0) is 32.1 Å². The summed E-state index contributed by atoms with van der Waals surface area (Å²) in [6.45, 7) is 0.838. The third-order valence-corrected chi connectivity index (χ3v) is 2.28. The molecule has 0 unspecified atom stereocenters. The Kier molecular flexibility index (Phi) is 4.95. The second-order valence-corrected chi connectivity index (χ2v) is 3.69. The van der Waals surface area contributed by atoms with E-state index in [-0.39, 0.29) is 5.69 Å². The summed E-state index contributed by atoms with van der Waals surface area (Å²) in [5.74, 6) is 0. The maximum Gasteiger partial charge on any atom is 0.276 e. The van der Waals surface area contributed by atoms with Crippen LogP contribution in [0.1, 0.15) is 12.0 Å². The zero-order valence-corrected chi connectivity index (χ0v) is 9.70. The normalized spacial score (nSPS) is 10.9. The molecule has 0 fully saturated rings. The van der Waals surface area contributed by atoms with E-state index in [1.165, 1.54) is 12.1 Å². The second kappa shape index (κ2) is 6.25. The molecule has 0 heterocycles. The Morgan fingerprint density at radius 2 is 2.31 bits per heavy atom. The molecule has 16 heavy (non-hydrogen) atoms. The van der Waals surface area contributed by atoms with E-state index in [1.54, 1.807) is 12.1 Å². The maximum atomic E-state index is 10.7. The molecule has 0 aliphatic rings. The number of nitro groups is 1. The summed E-state index contributed by atoms with van der Waals surface area (Å²) in [5.41, 5.74) is 0.610. The Balaban J connectivity index is 2.88. The summed E-state index contributed by atoms with van der Waals surface area (Å²) in [7, 11) is 1.86. The molecule has 5 heteroatoms. The average molecular weight is 241 g/mol. The number of hydrogen-bond acceptors (Lipinski definition) is 3. The van der Waals surface area contributed by atoms with Gasteiger partial charge >= 0.3 is 0 Å². The lowest BCUT2D eigenvalue weighted by molar-refractivity contribution is -0.385. The van der Waals surface area contributed by atoms with Gasteiger partial charge in [-0.25, -0.2) is 0 Å². The number of benzene rings is 1. The highest BCUT2D eigenvalue weighted by Gasteiger charge is 2.10. The lowest BCUT2D eigenvalue weighted by Gasteiger charge is -1.98. The van der Waals surface area contributed by atoms with Gasteiger partial charge in [0.05, 0.1) is 10.5 Å². The van der Waals surface area contributed by atoms with Crippen LogP contribution in [0, 0.1) is 10.1 Å². The van der Waals surface area contributed by atoms with E-state index in [0.717, 1.165) is 13.0 Å². The maximum absolute atomic E-state index is 10.7. The molecule has 0 aromatic heterocycles. The molecule has 1 aromatic carbocycles. The minimum atomic E-state index is -0.409. The van der Waals surface area contributed by atoms with Crippen LogP contribution in [-0.2, 0) is 0 Å². The Labute approximate surface area is 99.1 Å². The molecule has 0 bridgehead atoms. The lowest BCUT2D eigenvalue weighted by atomic mass is 10.1. The van der Waals surface area contributed by atoms with E-state index in [9.17, 15) is 10.1 Å². The lowest BCUT2D eigenvalue weighted by Crippen LogP contribution is -2.05. The number of nitrogens with zero attached hydrogens (tertiary/aromatic N) is 1. The molecular formula is C11H13ClN2O2. The molecule has 0 spiro atoms. The quantitative estimate of drug-likeness (QED) is 0.489. The van der Waals surface area contributed by atoms with Crippen molar-refractivity contribution in [3.8, 4) is 0 Å². The van der Waals surface area contributed by atoms with Crippen molar-refractivity contribution in [1.82, 2.24) is 5.32 Å². The van der Waals surface area contributed by atoms with Gasteiger partial charge in [-0.3, -0.25) is 10.1 Å². The Hall–Kier alpha value is -1.39. The topological polar surface area (TPSA) is 55.2 Å². The van der Waals surface area contributed by atoms with Crippen molar-refractivity contribution in [1.29, 1.82) is 0 Å². The molecule has 1 rings (SSSR count). The average Bonchev–Trinajstić information content (AvgIpc) is 2.24. The molecule has 86 valence electrons. The van der Waals surface area contributed by atoms with Gasteiger partial charge < -0.3 is 5.32 Å². The summed E-state index contributed by atoms with van der Waals surface area (Å²) in [4.78, 5) is 10.3. The van der Waals surface area contributed by atoms with Crippen molar-refractivity contribution in [2.24, 2.45) is 0 Å². The van der Waals surface area contributed by atoms with Gasteiger partial charge in [0.2, 0.25) is 0 Å². The first kappa shape index (κ1) is 12.7. The van der Waals surface area contributed by atoms with Gasteiger partial charge in [0.15, 0.2) is 0 Å². The summed E-state index contributed by atoms with van der Waals surface area (Å²) < 4.78 is 0. The molecule has 0 radical (unpaired) electrons. The summed E-state index contributed by atoms with van der Waals surface area (Å²) in [6, 6.07) is 4.53. The van der Waals surface area contributed by atoms with E-state index >= 15 is 0 Å². The second-order valence-electron chi connectivity index (χ2n) is 3.25. The zero-order valence-electron chi connectivity index (χ0n) is 8.94. The molecule has 1 N–H and O–H groups in total. The van der Waals surface area contributed by atoms with Gasteiger partial charge in [-0.1, -0.05) is 23.8 Å². The number of rotatable bonds is 5. The van der Waals surface area contributed by atoms with Crippen molar-refractivity contribution >= 4 is 23.4 Å². The van der Waals surface area contributed by atoms with E-state index < -0.39 is 4.92 Å². The van der Waals surface area contributed by atoms with Crippen LogP contribution < -0.4 is 5.32 Å². The van der Waals surface area contributed by atoms with E-state index in [1.807, 2.05) is 13.1 Å². The number of halogens is 1. The predicted octanol–water partition coefficient (Wildman–Crippen LogP) is 2.87. The Bertz CT molecular complexity index is 405. The van der Waals surface area contributed by atoms with Crippen molar-refractivity contribution in [3.05, 3.63) is 45.0 Å². The smallest absolute Gasteiger partial charge is 0.276 e. The molecule has 0 amide bonds. The number of nitro benzene ring substituents is 1. The van der Waals surface area contributed by atoms with Crippen LogP contribution in [0.25, 0.3) is 6.08 Å². The van der Waals surface area contributed by atoms with Crippen molar-refractivity contribution < 1.29 is 4.92 Å². The molecule has 1 aromatic rings. The summed E-state index contributed by atoms with van der Waals surface area (Å²) in [5, 5.41) is 14.2. The van der Waals surface area contributed by atoms with Crippen LogP contribution in [0.15, 0.2) is 24.3 Å². The van der Waals surface area contributed by atoms with Crippen molar-refractivity contribution in [2.45, 2.75) is 6.42 Å². The first-order chi connectivity index (χ1) is 7.65. The highest BCUT2D eigenvalue weighted by molar-refractivity contribution is 6.30. The van der Waals surface area contributed by atoms with Crippen LogP contribution in [0.5, 0.6) is 0 Å². The molecular weight excluding hydrogens is 228 g/mol. The molecule has 4 nitrogen and oxygen atoms in total. The van der Waals surface area contributed by atoms with Crippen LogP contribution in [-0.4, -0.2) is 18.5 Å². The minimum absolute atomic E-state index is 0.0742. The fourth-order valence-corrected chi connectivity index (χ4v) is 1.44. The van der Waals surface area contributed by atoms with Crippen LogP contribution in [0.3, 0.4) is 0 Å². The van der Waals surface area contributed by atoms with E-state index in [4.69, 9.17) is 11.6 Å². The zero-order chi connectivity index (χ0) is 12.0.